The maximum absolute atomic E-state index is 12.2. The average molecular weight is 285 g/mol. The lowest BCUT2D eigenvalue weighted by Gasteiger charge is -2.12. The second kappa shape index (κ2) is 7.26. The summed E-state index contributed by atoms with van der Waals surface area (Å²) in [7, 11) is 2.12. The first-order chi connectivity index (χ1) is 10.1. The molecule has 3 N–H and O–H groups in total. The molecule has 0 saturated carbocycles. The highest BCUT2D eigenvalue weighted by atomic mass is 16.1. The van der Waals surface area contributed by atoms with Crippen LogP contribution < -0.4 is 11.1 Å². The second-order valence-electron chi connectivity index (χ2n) is 5.66. The summed E-state index contributed by atoms with van der Waals surface area (Å²) in [5, 5.41) is 3.03. The Morgan fingerprint density at radius 1 is 1.52 bits per heavy atom. The number of nitrogens with two attached hydrogens (primary N) is 1. The number of carbonyl (C=O) groups excluding carboxylic acids is 1. The molecular weight excluding hydrogens is 262 g/mol. The van der Waals surface area contributed by atoms with Crippen molar-refractivity contribution >= 4 is 5.91 Å². The van der Waals surface area contributed by atoms with E-state index in [1.165, 1.54) is 0 Å². The lowest BCUT2D eigenvalue weighted by molar-refractivity contribution is 0.0947. The molecule has 21 heavy (non-hydrogen) atoms. The molecule has 1 unspecified atom stereocenters. The van der Waals surface area contributed by atoms with Gasteiger partial charge in [-0.2, -0.15) is 0 Å². The normalized spacial score (nSPS) is 18.1. The molecule has 1 saturated heterocycles. The molecular formula is C17H23N3O. The van der Waals surface area contributed by atoms with Crippen molar-refractivity contribution in [1.29, 1.82) is 0 Å². The molecule has 1 heterocycles. The van der Waals surface area contributed by atoms with Crippen LogP contribution in [0.3, 0.4) is 0 Å². The fourth-order valence-electron chi connectivity index (χ4n) is 2.58. The number of hydrogen-bond donors (Lipinski definition) is 2. The molecule has 4 nitrogen and oxygen atoms in total. The van der Waals surface area contributed by atoms with Crippen LogP contribution in [-0.2, 0) is 0 Å². The number of hydrogen-bond acceptors (Lipinski definition) is 3. The van der Waals surface area contributed by atoms with E-state index in [2.05, 4.69) is 29.1 Å². The van der Waals surface area contributed by atoms with Crippen molar-refractivity contribution in [2.75, 3.05) is 33.2 Å². The summed E-state index contributed by atoms with van der Waals surface area (Å²) < 4.78 is 0. The van der Waals surface area contributed by atoms with Crippen molar-refractivity contribution in [3.63, 3.8) is 0 Å². The molecule has 1 aromatic rings. The Balaban J connectivity index is 1.98. The number of benzene rings is 1. The molecule has 0 aliphatic carbocycles. The van der Waals surface area contributed by atoms with E-state index in [-0.39, 0.29) is 5.91 Å². The van der Waals surface area contributed by atoms with E-state index in [1.54, 1.807) is 0 Å². The van der Waals surface area contributed by atoms with Gasteiger partial charge in [0.2, 0.25) is 0 Å². The number of rotatable bonds is 3. The summed E-state index contributed by atoms with van der Waals surface area (Å²) in [6.07, 6.45) is 1.15. The van der Waals surface area contributed by atoms with Gasteiger partial charge in [-0.15, -0.1) is 0 Å². The highest BCUT2D eigenvalue weighted by Gasteiger charge is 2.20. The van der Waals surface area contributed by atoms with E-state index in [0.29, 0.717) is 18.0 Å². The second-order valence-corrected chi connectivity index (χ2v) is 5.66. The number of amides is 1. The number of nitrogens with one attached hydrogen (secondary N) is 1. The molecule has 1 aromatic carbocycles. The minimum absolute atomic E-state index is 0.0275. The Hall–Kier alpha value is -1.83. The van der Waals surface area contributed by atoms with E-state index in [4.69, 9.17) is 5.73 Å². The third kappa shape index (κ3) is 4.32. The minimum Gasteiger partial charge on any atom is -0.352 e. The van der Waals surface area contributed by atoms with Crippen LogP contribution in [0.2, 0.25) is 0 Å². The van der Waals surface area contributed by atoms with Gasteiger partial charge in [0.05, 0.1) is 6.54 Å². The zero-order valence-corrected chi connectivity index (χ0v) is 12.8. The summed E-state index contributed by atoms with van der Waals surface area (Å²) in [5.41, 5.74) is 7.99. The number of carbonyl (C=O) groups is 1. The maximum Gasteiger partial charge on any atom is 0.251 e. The number of aryl methyl sites for hydroxylation is 1. The molecule has 0 aromatic heterocycles. The zero-order chi connectivity index (χ0) is 15.2. The van der Waals surface area contributed by atoms with E-state index >= 15 is 0 Å². The fraction of sp³-hybridized carbons (Fsp3) is 0.471. The summed E-state index contributed by atoms with van der Waals surface area (Å²) in [6.45, 7) is 5.22. The number of likely N-dealkylation sites (tertiary alicyclic amines) is 1. The Morgan fingerprint density at radius 3 is 3.00 bits per heavy atom. The fourth-order valence-corrected chi connectivity index (χ4v) is 2.58. The molecule has 1 aliphatic rings. The lowest BCUT2D eigenvalue weighted by Crippen LogP contribution is -2.30. The van der Waals surface area contributed by atoms with Gasteiger partial charge in [-0.3, -0.25) is 4.79 Å². The highest BCUT2D eigenvalue weighted by Crippen LogP contribution is 2.14. The Morgan fingerprint density at radius 2 is 2.33 bits per heavy atom. The van der Waals surface area contributed by atoms with Crippen molar-refractivity contribution < 1.29 is 4.79 Å². The minimum atomic E-state index is -0.0275. The standard InChI is InChI=1S/C17H23N3O/c1-13-5-6-16(10-15(13)4-3-8-18)17(21)19-11-14-7-9-20(2)12-14/h5-6,10,14H,7-9,11-12,18H2,1-2H3,(H,19,21). The van der Waals surface area contributed by atoms with Crippen LogP contribution in [0.1, 0.15) is 27.9 Å². The lowest BCUT2D eigenvalue weighted by atomic mass is 10.0. The number of nitrogens with zero attached hydrogens (tertiary/aromatic N) is 1. The van der Waals surface area contributed by atoms with E-state index in [9.17, 15) is 4.79 Å². The highest BCUT2D eigenvalue weighted by molar-refractivity contribution is 5.94. The molecule has 112 valence electrons. The summed E-state index contributed by atoms with van der Waals surface area (Å²) >= 11 is 0. The van der Waals surface area contributed by atoms with Gasteiger partial charge in [0.15, 0.2) is 0 Å². The predicted molar refractivity (Wildman–Crippen MR) is 85.0 cm³/mol. The van der Waals surface area contributed by atoms with E-state index in [0.717, 1.165) is 37.2 Å². The Bertz CT molecular complexity index is 571. The van der Waals surface area contributed by atoms with Crippen molar-refractivity contribution in [3.05, 3.63) is 34.9 Å². The molecule has 1 amide bonds. The first-order valence-electron chi connectivity index (χ1n) is 7.36. The Kier molecular flexibility index (Phi) is 5.38. The summed E-state index contributed by atoms with van der Waals surface area (Å²) in [4.78, 5) is 14.5. The third-order valence-electron chi connectivity index (χ3n) is 3.87. The van der Waals surface area contributed by atoms with Crippen LogP contribution in [0.15, 0.2) is 18.2 Å². The van der Waals surface area contributed by atoms with Crippen LogP contribution in [0.4, 0.5) is 0 Å². The Labute approximate surface area is 126 Å². The van der Waals surface area contributed by atoms with Gasteiger partial charge < -0.3 is 16.0 Å². The topological polar surface area (TPSA) is 58.4 Å². The van der Waals surface area contributed by atoms with Gasteiger partial charge in [0.25, 0.3) is 5.91 Å². The SMILES string of the molecule is Cc1ccc(C(=O)NCC2CCN(C)C2)cc1C#CCN. The van der Waals surface area contributed by atoms with Crippen LogP contribution in [0, 0.1) is 24.7 Å². The molecule has 0 radical (unpaired) electrons. The van der Waals surface area contributed by atoms with Gasteiger partial charge in [-0.05, 0) is 50.6 Å². The van der Waals surface area contributed by atoms with Crippen LogP contribution in [0.25, 0.3) is 0 Å². The summed E-state index contributed by atoms with van der Waals surface area (Å²) in [6, 6.07) is 5.62. The van der Waals surface area contributed by atoms with Crippen molar-refractivity contribution in [3.8, 4) is 11.8 Å². The molecule has 1 fully saturated rings. The quantitative estimate of drug-likeness (QED) is 0.814. The van der Waals surface area contributed by atoms with Gasteiger partial charge in [-0.25, -0.2) is 0 Å². The van der Waals surface area contributed by atoms with Gasteiger partial charge in [0, 0.05) is 24.2 Å². The van der Waals surface area contributed by atoms with Crippen molar-refractivity contribution in [2.24, 2.45) is 11.7 Å². The first-order valence-corrected chi connectivity index (χ1v) is 7.36. The molecule has 0 bridgehead atoms. The monoisotopic (exact) mass is 285 g/mol. The molecule has 0 spiro atoms. The zero-order valence-electron chi connectivity index (χ0n) is 12.8. The van der Waals surface area contributed by atoms with Gasteiger partial charge in [-0.1, -0.05) is 17.9 Å². The molecule has 4 heteroatoms. The predicted octanol–water partition coefficient (Wildman–Crippen LogP) is 0.987. The summed E-state index contributed by atoms with van der Waals surface area (Å²) in [5.74, 6) is 6.37. The third-order valence-corrected chi connectivity index (χ3v) is 3.87. The van der Waals surface area contributed by atoms with Crippen LogP contribution >= 0.6 is 0 Å². The van der Waals surface area contributed by atoms with Gasteiger partial charge >= 0.3 is 0 Å². The van der Waals surface area contributed by atoms with Crippen LogP contribution in [0.5, 0.6) is 0 Å². The van der Waals surface area contributed by atoms with E-state index in [1.807, 2.05) is 25.1 Å². The van der Waals surface area contributed by atoms with Gasteiger partial charge in [0.1, 0.15) is 0 Å². The largest absolute Gasteiger partial charge is 0.352 e. The van der Waals surface area contributed by atoms with Crippen molar-refractivity contribution in [1.82, 2.24) is 10.2 Å². The molecule has 1 atom stereocenters. The molecule has 1 aliphatic heterocycles. The first kappa shape index (κ1) is 15.6. The average Bonchev–Trinajstić information content (AvgIpc) is 2.89. The maximum atomic E-state index is 12.2. The smallest absolute Gasteiger partial charge is 0.251 e. The molecule has 2 rings (SSSR count). The van der Waals surface area contributed by atoms with Crippen molar-refractivity contribution in [2.45, 2.75) is 13.3 Å². The van der Waals surface area contributed by atoms with E-state index < -0.39 is 0 Å². The van der Waals surface area contributed by atoms with Crippen LogP contribution in [-0.4, -0.2) is 44.0 Å².